The van der Waals surface area contributed by atoms with E-state index in [2.05, 4.69) is 12.2 Å². The normalized spacial score (nSPS) is 10.9. The molecule has 0 saturated heterocycles. The molecule has 0 unspecified atom stereocenters. The minimum atomic E-state index is -0.120. The Bertz CT molecular complexity index is 360. The van der Waals surface area contributed by atoms with Crippen molar-refractivity contribution >= 4 is 11.8 Å². The highest BCUT2D eigenvalue weighted by Gasteiger charge is 2.08. The molecular weight excluding hydrogens is 261 g/mol. The average Bonchev–Trinajstić information content (AvgIpc) is 2.42. The zero-order chi connectivity index (χ0) is 13.9. The number of hydrogen-bond donors (Lipinski definition) is 1. The third-order valence-electron chi connectivity index (χ3n) is 2.87. The number of rotatable bonds is 10. The van der Waals surface area contributed by atoms with Gasteiger partial charge in [0.2, 0.25) is 0 Å². The van der Waals surface area contributed by atoms with Crippen LogP contribution in [-0.4, -0.2) is 26.0 Å². The van der Waals surface area contributed by atoms with Crippen molar-refractivity contribution in [3.8, 4) is 0 Å². The highest BCUT2D eigenvalue weighted by Crippen LogP contribution is 2.26. The zero-order valence-electron chi connectivity index (χ0n) is 11.9. The van der Waals surface area contributed by atoms with E-state index < -0.39 is 0 Å². The van der Waals surface area contributed by atoms with Gasteiger partial charge in [-0.25, -0.2) is 4.39 Å². The van der Waals surface area contributed by atoms with Crippen LogP contribution in [0.3, 0.4) is 0 Å². The first-order valence-electron chi connectivity index (χ1n) is 6.89. The molecule has 0 heterocycles. The number of benzene rings is 1. The fourth-order valence-electron chi connectivity index (χ4n) is 1.77. The van der Waals surface area contributed by atoms with Gasteiger partial charge in [-0.3, -0.25) is 0 Å². The number of hydrogen-bond acceptors (Lipinski definition) is 3. The number of methoxy groups -OCH3 is 1. The fourth-order valence-corrected chi connectivity index (χ4v) is 2.85. The molecule has 0 aliphatic rings. The monoisotopic (exact) mass is 285 g/mol. The summed E-state index contributed by atoms with van der Waals surface area (Å²) in [6, 6.07) is 5.33. The second-order valence-electron chi connectivity index (χ2n) is 4.44. The van der Waals surface area contributed by atoms with Crippen molar-refractivity contribution in [1.82, 2.24) is 5.32 Å². The summed E-state index contributed by atoms with van der Waals surface area (Å²) >= 11 is 1.75. The van der Waals surface area contributed by atoms with E-state index in [9.17, 15) is 4.39 Å². The minimum absolute atomic E-state index is 0.120. The molecular formula is C15H24FNOS. The van der Waals surface area contributed by atoms with Crippen LogP contribution in [0.1, 0.15) is 31.7 Å². The van der Waals surface area contributed by atoms with Crippen LogP contribution in [0.5, 0.6) is 0 Å². The predicted molar refractivity (Wildman–Crippen MR) is 80.2 cm³/mol. The average molecular weight is 285 g/mol. The highest BCUT2D eigenvalue weighted by molar-refractivity contribution is 7.99. The maximum atomic E-state index is 13.9. The maximum Gasteiger partial charge on any atom is 0.128 e. The van der Waals surface area contributed by atoms with Gasteiger partial charge < -0.3 is 10.1 Å². The van der Waals surface area contributed by atoms with Gasteiger partial charge >= 0.3 is 0 Å². The summed E-state index contributed by atoms with van der Waals surface area (Å²) < 4.78 is 18.8. The van der Waals surface area contributed by atoms with E-state index in [-0.39, 0.29) is 5.82 Å². The van der Waals surface area contributed by atoms with E-state index in [1.165, 1.54) is 25.3 Å². The number of halogens is 1. The summed E-state index contributed by atoms with van der Waals surface area (Å²) in [6.45, 7) is 4.14. The molecule has 1 aromatic carbocycles. The molecule has 0 amide bonds. The van der Waals surface area contributed by atoms with Gasteiger partial charge in [0, 0.05) is 30.7 Å². The van der Waals surface area contributed by atoms with E-state index in [0.29, 0.717) is 13.2 Å². The standard InChI is InChI=1S/C15H24FNOS/c1-3-4-5-11-19-15-8-6-7-14(16)13(15)12-17-9-10-18-2/h6-8,17H,3-5,9-12H2,1-2H3. The van der Waals surface area contributed by atoms with Crippen molar-refractivity contribution in [2.75, 3.05) is 26.0 Å². The van der Waals surface area contributed by atoms with Gasteiger partial charge in [0.25, 0.3) is 0 Å². The van der Waals surface area contributed by atoms with Crippen LogP contribution in [-0.2, 0) is 11.3 Å². The molecule has 1 rings (SSSR count). The third-order valence-corrected chi connectivity index (χ3v) is 4.05. The molecule has 0 aliphatic heterocycles. The van der Waals surface area contributed by atoms with E-state index >= 15 is 0 Å². The molecule has 2 nitrogen and oxygen atoms in total. The first kappa shape index (κ1) is 16.5. The molecule has 108 valence electrons. The molecule has 0 bridgehead atoms. The molecule has 0 aromatic heterocycles. The fraction of sp³-hybridized carbons (Fsp3) is 0.600. The molecule has 0 aliphatic carbocycles. The topological polar surface area (TPSA) is 21.3 Å². The van der Waals surface area contributed by atoms with Crippen LogP contribution in [0.2, 0.25) is 0 Å². The Morgan fingerprint density at radius 3 is 2.89 bits per heavy atom. The lowest BCUT2D eigenvalue weighted by atomic mass is 10.2. The van der Waals surface area contributed by atoms with Crippen molar-refractivity contribution < 1.29 is 9.13 Å². The molecule has 0 spiro atoms. The van der Waals surface area contributed by atoms with Crippen LogP contribution in [0, 0.1) is 5.82 Å². The van der Waals surface area contributed by atoms with E-state index in [4.69, 9.17) is 4.74 Å². The van der Waals surface area contributed by atoms with Gasteiger partial charge in [0.15, 0.2) is 0 Å². The van der Waals surface area contributed by atoms with E-state index in [0.717, 1.165) is 22.8 Å². The van der Waals surface area contributed by atoms with Crippen molar-refractivity contribution in [1.29, 1.82) is 0 Å². The summed E-state index contributed by atoms with van der Waals surface area (Å²) in [5, 5.41) is 3.21. The number of unbranched alkanes of at least 4 members (excludes halogenated alkanes) is 2. The summed E-state index contributed by atoms with van der Waals surface area (Å²) in [6.07, 6.45) is 3.65. The van der Waals surface area contributed by atoms with Crippen LogP contribution in [0.25, 0.3) is 0 Å². The minimum Gasteiger partial charge on any atom is -0.383 e. The van der Waals surface area contributed by atoms with E-state index in [1.807, 2.05) is 6.07 Å². The predicted octanol–water partition coefficient (Wildman–Crippen LogP) is 3.84. The van der Waals surface area contributed by atoms with Crippen molar-refractivity contribution in [2.24, 2.45) is 0 Å². The van der Waals surface area contributed by atoms with Crippen LogP contribution in [0.4, 0.5) is 4.39 Å². The second-order valence-corrected chi connectivity index (χ2v) is 5.58. The second kappa shape index (κ2) is 10.2. The van der Waals surface area contributed by atoms with Crippen LogP contribution < -0.4 is 5.32 Å². The van der Waals surface area contributed by atoms with Crippen molar-refractivity contribution in [2.45, 2.75) is 37.6 Å². The molecule has 0 radical (unpaired) electrons. The Balaban J connectivity index is 2.51. The summed E-state index contributed by atoms with van der Waals surface area (Å²) in [7, 11) is 1.67. The molecule has 0 atom stereocenters. The first-order chi connectivity index (χ1) is 9.29. The number of nitrogens with one attached hydrogen (secondary N) is 1. The van der Waals surface area contributed by atoms with Crippen molar-refractivity contribution in [3.05, 3.63) is 29.6 Å². The quantitative estimate of drug-likeness (QED) is 0.521. The van der Waals surface area contributed by atoms with Crippen LogP contribution in [0.15, 0.2) is 23.1 Å². The van der Waals surface area contributed by atoms with Gasteiger partial charge in [-0.1, -0.05) is 25.8 Å². The highest BCUT2D eigenvalue weighted by atomic mass is 32.2. The van der Waals surface area contributed by atoms with Crippen LogP contribution >= 0.6 is 11.8 Å². The summed E-state index contributed by atoms with van der Waals surface area (Å²) in [5.74, 6) is 0.938. The Labute approximate surface area is 120 Å². The molecule has 4 heteroatoms. The lowest BCUT2D eigenvalue weighted by Crippen LogP contribution is -2.19. The van der Waals surface area contributed by atoms with Gasteiger partial charge in [0.1, 0.15) is 5.82 Å². The first-order valence-corrected chi connectivity index (χ1v) is 7.88. The number of ether oxygens (including phenoxy) is 1. The summed E-state index contributed by atoms with van der Waals surface area (Å²) in [5.41, 5.74) is 0.778. The Morgan fingerprint density at radius 2 is 2.16 bits per heavy atom. The summed E-state index contributed by atoms with van der Waals surface area (Å²) in [4.78, 5) is 1.06. The Kier molecular flexibility index (Phi) is 8.88. The largest absolute Gasteiger partial charge is 0.383 e. The molecule has 0 fully saturated rings. The zero-order valence-corrected chi connectivity index (χ0v) is 12.7. The van der Waals surface area contributed by atoms with Crippen molar-refractivity contribution in [3.63, 3.8) is 0 Å². The molecule has 19 heavy (non-hydrogen) atoms. The lowest BCUT2D eigenvalue weighted by Gasteiger charge is -2.11. The molecule has 1 aromatic rings. The maximum absolute atomic E-state index is 13.9. The van der Waals surface area contributed by atoms with Gasteiger partial charge in [-0.15, -0.1) is 11.8 Å². The van der Waals surface area contributed by atoms with E-state index in [1.54, 1.807) is 24.9 Å². The van der Waals surface area contributed by atoms with Gasteiger partial charge in [-0.05, 0) is 24.3 Å². The SMILES string of the molecule is CCCCCSc1cccc(F)c1CNCCOC. The number of thioether (sulfide) groups is 1. The van der Waals surface area contributed by atoms with Gasteiger partial charge in [-0.2, -0.15) is 0 Å². The smallest absolute Gasteiger partial charge is 0.128 e. The Hall–Kier alpha value is -0.580. The molecule has 1 N–H and O–H groups in total. The Morgan fingerprint density at radius 1 is 1.32 bits per heavy atom. The molecule has 0 saturated carbocycles. The third kappa shape index (κ3) is 6.41. The lowest BCUT2D eigenvalue weighted by molar-refractivity contribution is 0.199. The van der Waals surface area contributed by atoms with Gasteiger partial charge in [0.05, 0.1) is 6.61 Å².